The molecule has 0 radical (unpaired) electrons. The Kier molecular flexibility index (Phi) is 8.18. The standard InChI is InChI=1S/C28H37F2N5O3/c1-16(24-31-15-22(32-24)20-9-8-19(29)12-21(20)30)11-23(36)25(33-26(37)18-13-28(3,4)14-18)34-27(38)35-10-6-5-7-17(35)2/h8-9,12,15-18,25H,5-7,10-11,13-14H2,1-4H3,(H,31,32)(H,33,37)(H,34,38)/t16-,17+,25+/m1/s1. The van der Waals surface area contributed by atoms with Crippen LogP contribution in [0.5, 0.6) is 0 Å². The number of nitrogens with one attached hydrogen (secondary N) is 3. The van der Waals surface area contributed by atoms with Crippen molar-refractivity contribution < 1.29 is 23.2 Å². The van der Waals surface area contributed by atoms with Crippen molar-refractivity contribution in [1.29, 1.82) is 0 Å². The van der Waals surface area contributed by atoms with Crippen LogP contribution in [0.15, 0.2) is 24.4 Å². The molecule has 3 N–H and O–H groups in total. The van der Waals surface area contributed by atoms with E-state index < -0.39 is 23.7 Å². The number of Topliss-reactive ketones (excluding diaryl/α,β-unsaturated/α-hetero) is 1. The molecule has 38 heavy (non-hydrogen) atoms. The number of nitrogens with zero attached hydrogens (tertiary/aromatic N) is 2. The van der Waals surface area contributed by atoms with E-state index in [2.05, 4.69) is 34.4 Å². The van der Waals surface area contributed by atoms with E-state index >= 15 is 0 Å². The number of amides is 3. The second-order valence-electron chi connectivity index (χ2n) is 11.6. The summed E-state index contributed by atoms with van der Waals surface area (Å²) in [6.45, 7) is 8.55. The van der Waals surface area contributed by atoms with Crippen molar-refractivity contribution in [2.24, 2.45) is 11.3 Å². The lowest BCUT2D eigenvalue weighted by Gasteiger charge is -2.42. The summed E-state index contributed by atoms with van der Waals surface area (Å²) < 4.78 is 27.5. The second kappa shape index (κ2) is 11.2. The molecular weight excluding hydrogens is 492 g/mol. The molecule has 3 amide bonds. The minimum absolute atomic E-state index is 0.0181. The molecule has 1 aliphatic heterocycles. The largest absolute Gasteiger partial charge is 0.342 e. The Bertz CT molecular complexity index is 1190. The SMILES string of the molecule is C[C@H](CC(=O)[C@@H](NC(=O)C1CC(C)(C)C1)NC(=O)N1CCCC[C@@H]1C)c1ncc(-c2ccc(F)cc2F)[nH]1. The fourth-order valence-electron chi connectivity index (χ4n) is 5.47. The first-order valence-electron chi connectivity index (χ1n) is 13.3. The lowest BCUT2D eigenvalue weighted by molar-refractivity contribution is -0.135. The Morgan fingerprint density at radius 1 is 1.18 bits per heavy atom. The number of hydrogen-bond acceptors (Lipinski definition) is 4. The molecule has 3 atom stereocenters. The zero-order valence-electron chi connectivity index (χ0n) is 22.4. The summed E-state index contributed by atoms with van der Waals surface area (Å²) >= 11 is 0. The van der Waals surface area contributed by atoms with Crippen LogP contribution in [0.2, 0.25) is 0 Å². The van der Waals surface area contributed by atoms with Gasteiger partial charge < -0.3 is 20.5 Å². The molecule has 2 aliphatic rings. The van der Waals surface area contributed by atoms with Crippen LogP contribution in [0, 0.1) is 23.0 Å². The maximum atomic E-state index is 14.2. The molecular formula is C28H37F2N5O3. The summed E-state index contributed by atoms with van der Waals surface area (Å²) in [4.78, 5) is 48.4. The Morgan fingerprint density at radius 3 is 2.58 bits per heavy atom. The lowest BCUT2D eigenvalue weighted by atomic mass is 9.64. The monoisotopic (exact) mass is 529 g/mol. The van der Waals surface area contributed by atoms with Gasteiger partial charge in [0, 0.05) is 42.5 Å². The number of aromatic nitrogens is 2. The van der Waals surface area contributed by atoms with E-state index in [-0.39, 0.29) is 47.1 Å². The minimum Gasteiger partial charge on any atom is -0.342 e. The summed E-state index contributed by atoms with van der Waals surface area (Å²) in [7, 11) is 0. The van der Waals surface area contributed by atoms with Gasteiger partial charge in [-0.2, -0.15) is 0 Å². The van der Waals surface area contributed by atoms with Crippen LogP contribution in [0.25, 0.3) is 11.3 Å². The van der Waals surface area contributed by atoms with Gasteiger partial charge in [0.2, 0.25) is 5.91 Å². The predicted octanol–water partition coefficient (Wildman–Crippen LogP) is 4.88. The maximum absolute atomic E-state index is 14.2. The van der Waals surface area contributed by atoms with E-state index in [9.17, 15) is 23.2 Å². The van der Waals surface area contributed by atoms with Crippen molar-refractivity contribution in [3.05, 3.63) is 41.9 Å². The first kappa shape index (κ1) is 27.7. The number of halogens is 2. The molecule has 0 spiro atoms. The first-order valence-corrected chi connectivity index (χ1v) is 13.3. The van der Waals surface area contributed by atoms with Gasteiger partial charge in [-0.3, -0.25) is 9.59 Å². The average molecular weight is 530 g/mol. The summed E-state index contributed by atoms with van der Waals surface area (Å²) in [6, 6.07) is 2.96. The van der Waals surface area contributed by atoms with Crippen molar-refractivity contribution in [3.63, 3.8) is 0 Å². The van der Waals surface area contributed by atoms with Crippen LogP contribution in [0.1, 0.15) is 78.0 Å². The molecule has 206 valence electrons. The number of aromatic amines is 1. The molecule has 1 aromatic carbocycles. The van der Waals surface area contributed by atoms with Crippen molar-refractivity contribution in [2.75, 3.05) is 6.54 Å². The van der Waals surface area contributed by atoms with Crippen molar-refractivity contribution >= 4 is 17.7 Å². The Balaban J connectivity index is 1.45. The van der Waals surface area contributed by atoms with E-state index in [1.165, 1.54) is 12.3 Å². The summed E-state index contributed by atoms with van der Waals surface area (Å²) in [5, 5.41) is 5.54. The van der Waals surface area contributed by atoms with Crippen LogP contribution >= 0.6 is 0 Å². The molecule has 1 saturated heterocycles. The number of H-pyrrole nitrogens is 1. The van der Waals surface area contributed by atoms with Crippen LogP contribution < -0.4 is 10.6 Å². The molecule has 10 heteroatoms. The van der Waals surface area contributed by atoms with E-state index in [1.54, 1.807) is 11.8 Å². The van der Waals surface area contributed by atoms with Crippen LogP contribution in [-0.2, 0) is 9.59 Å². The van der Waals surface area contributed by atoms with E-state index in [4.69, 9.17) is 0 Å². The fraction of sp³-hybridized carbons (Fsp3) is 0.571. The highest BCUT2D eigenvalue weighted by Crippen LogP contribution is 2.44. The number of benzene rings is 1. The zero-order chi connectivity index (χ0) is 27.6. The number of likely N-dealkylation sites (tertiary alicyclic amines) is 1. The number of rotatable bonds is 8. The number of carbonyl (C=O) groups excluding carboxylic acids is 3. The quantitative estimate of drug-likeness (QED) is 0.424. The van der Waals surface area contributed by atoms with E-state index in [1.807, 2.05) is 6.92 Å². The van der Waals surface area contributed by atoms with Crippen molar-refractivity contribution in [2.45, 2.75) is 84.3 Å². The van der Waals surface area contributed by atoms with E-state index in [0.717, 1.165) is 44.2 Å². The minimum atomic E-state index is -1.17. The Hall–Kier alpha value is -3.30. The molecule has 2 fully saturated rings. The summed E-state index contributed by atoms with van der Waals surface area (Å²) in [5.41, 5.74) is 0.616. The predicted molar refractivity (Wildman–Crippen MR) is 139 cm³/mol. The number of piperidine rings is 1. The van der Waals surface area contributed by atoms with Gasteiger partial charge >= 0.3 is 6.03 Å². The second-order valence-corrected chi connectivity index (χ2v) is 11.6. The van der Waals surface area contributed by atoms with Crippen LogP contribution in [0.4, 0.5) is 13.6 Å². The van der Waals surface area contributed by atoms with E-state index in [0.29, 0.717) is 18.1 Å². The molecule has 2 aromatic rings. The topological polar surface area (TPSA) is 107 Å². The highest BCUT2D eigenvalue weighted by atomic mass is 19.1. The third kappa shape index (κ3) is 6.39. The highest BCUT2D eigenvalue weighted by Gasteiger charge is 2.41. The third-order valence-corrected chi connectivity index (χ3v) is 7.70. The molecule has 0 unspecified atom stereocenters. The number of carbonyl (C=O) groups is 3. The van der Waals surface area contributed by atoms with Crippen LogP contribution in [-0.4, -0.2) is 51.3 Å². The average Bonchev–Trinajstić information content (AvgIpc) is 3.32. The first-order chi connectivity index (χ1) is 17.9. The molecule has 0 bridgehead atoms. The van der Waals surface area contributed by atoms with Gasteiger partial charge in [-0.05, 0) is 56.6 Å². The van der Waals surface area contributed by atoms with Gasteiger partial charge in [-0.1, -0.05) is 20.8 Å². The van der Waals surface area contributed by atoms with Crippen molar-refractivity contribution in [1.82, 2.24) is 25.5 Å². The normalized spacial score (nSPS) is 20.8. The molecule has 1 aliphatic carbocycles. The van der Waals surface area contributed by atoms with Gasteiger partial charge in [0.1, 0.15) is 17.5 Å². The Labute approximate surface area is 222 Å². The molecule has 8 nitrogen and oxygen atoms in total. The number of hydrogen-bond donors (Lipinski definition) is 3. The smallest absolute Gasteiger partial charge is 0.319 e. The zero-order valence-corrected chi connectivity index (χ0v) is 22.4. The lowest BCUT2D eigenvalue weighted by Crippen LogP contribution is -2.59. The number of urea groups is 1. The van der Waals surface area contributed by atoms with Crippen LogP contribution in [0.3, 0.4) is 0 Å². The third-order valence-electron chi connectivity index (χ3n) is 7.70. The molecule has 1 aromatic heterocycles. The van der Waals surface area contributed by atoms with Crippen molar-refractivity contribution in [3.8, 4) is 11.3 Å². The summed E-state index contributed by atoms with van der Waals surface area (Å²) in [6.07, 6.45) is 4.53. The molecule has 4 rings (SSSR count). The highest BCUT2D eigenvalue weighted by molar-refractivity contribution is 5.93. The molecule has 1 saturated carbocycles. The van der Waals surface area contributed by atoms with Gasteiger partial charge in [0.25, 0.3) is 0 Å². The number of ketones is 1. The van der Waals surface area contributed by atoms with Gasteiger partial charge in [-0.15, -0.1) is 0 Å². The summed E-state index contributed by atoms with van der Waals surface area (Å²) in [5.74, 6) is -2.15. The van der Waals surface area contributed by atoms with Gasteiger partial charge in [0.15, 0.2) is 11.9 Å². The Morgan fingerprint density at radius 2 is 1.92 bits per heavy atom. The molecule has 2 heterocycles. The maximum Gasteiger partial charge on any atom is 0.319 e. The van der Waals surface area contributed by atoms with Gasteiger partial charge in [-0.25, -0.2) is 18.6 Å². The number of imidazole rings is 1. The van der Waals surface area contributed by atoms with Gasteiger partial charge in [0.05, 0.1) is 11.9 Å². The fourth-order valence-corrected chi connectivity index (χ4v) is 5.47.